The molecule has 166 valence electrons. The second kappa shape index (κ2) is 16.5. The molecule has 0 unspecified atom stereocenters. The molecule has 0 aliphatic rings. The van der Waals surface area contributed by atoms with Crippen LogP contribution in [0.15, 0.2) is 41.3 Å². The molecule has 1 rings (SSSR count). The zero-order valence-corrected chi connectivity index (χ0v) is 19.1. The third-order valence-corrected chi connectivity index (χ3v) is 6.04. The monoisotopic (exact) mass is 423 g/mol. The predicted molar refractivity (Wildman–Crippen MR) is 124 cm³/mol. The Labute approximate surface area is 178 Å². The van der Waals surface area contributed by atoms with E-state index in [4.69, 9.17) is 4.55 Å². The molecule has 0 radical (unpaired) electrons. The molecule has 5 heteroatoms. The zero-order chi connectivity index (χ0) is 21.2. The van der Waals surface area contributed by atoms with Crippen molar-refractivity contribution in [1.29, 1.82) is 0 Å². The maximum Gasteiger partial charge on any atom is 0.294 e. The second-order valence-electron chi connectivity index (χ2n) is 7.86. The Morgan fingerprint density at radius 2 is 1.24 bits per heavy atom. The van der Waals surface area contributed by atoms with Crippen LogP contribution in [-0.4, -0.2) is 19.5 Å². The molecule has 0 bridgehead atoms. The molecule has 0 spiro atoms. The van der Waals surface area contributed by atoms with Crippen molar-refractivity contribution in [2.75, 3.05) is 11.9 Å². The molecule has 29 heavy (non-hydrogen) atoms. The zero-order valence-electron chi connectivity index (χ0n) is 18.2. The lowest BCUT2D eigenvalue weighted by atomic mass is 10.1. The molecule has 0 aromatic heterocycles. The van der Waals surface area contributed by atoms with Gasteiger partial charge in [-0.05, 0) is 56.4 Å². The van der Waals surface area contributed by atoms with E-state index in [2.05, 4.69) is 24.4 Å². The Kier molecular flexibility index (Phi) is 14.6. The highest BCUT2D eigenvalue weighted by atomic mass is 32.2. The van der Waals surface area contributed by atoms with Crippen molar-refractivity contribution in [2.45, 2.75) is 102 Å². The summed E-state index contributed by atoms with van der Waals surface area (Å²) in [6, 6.07) is 6.20. The molecule has 0 amide bonds. The average Bonchev–Trinajstić information content (AvgIpc) is 2.70. The highest BCUT2D eigenvalue weighted by molar-refractivity contribution is 7.85. The number of hydrogen-bond acceptors (Lipinski definition) is 3. The molecule has 0 fully saturated rings. The van der Waals surface area contributed by atoms with Crippen molar-refractivity contribution in [3.05, 3.63) is 36.4 Å². The van der Waals surface area contributed by atoms with Gasteiger partial charge in [-0.1, -0.05) is 76.9 Å². The van der Waals surface area contributed by atoms with Crippen molar-refractivity contribution in [3.8, 4) is 0 Å². The van der Waals surface area contributed by atoms with E-state index in [1.807, 2.05) is 0 Å². The summed E-state index contributed by atoms with van der Waals surface area (Å²) in [6.45, 7) is 3.15. The van der Waals surface area contributed by atoms with Crippen LogP contribution in [0.25, 0.3) is 0 Å². The minimum Gasteiger partial charge on any atom is -0.385 e. The Morgan fingerprint density at radius 3 is 1.76 bits per heavy atom. The van der Waals surface area contributed by atoms with Gasteiger partial charge >= 0.3 is 0 Å². The quantitative estimate of drug-likeness (QED) is 0.147. The van der Waals surface area contributed by atoms with Crippen LogP contribution in [-0.2, 0) is 10.1 Å². The van der Waals surface area contributed by atoms with Crippen LogP contribution >= 0.6 is 0 Å². The van der Waals surface area contributed by atoms with Crippen LogP contribution < -0.4 is 5.32 Å². The van der Waals surface area contributed by atoms with Crippen LogP contribution in [0.4, 0.5) is 5.69 Å². The van der Waals surface area contributed by atoms with Gasteiger partial charge in [-0.3, -0.25) is 4.55 Å². The lowest BCUT2D eigenvalue weighted by molar-refractivity contribution is 0.483. The summed E-state index contributed by atoms with van der Waals surface area (Å²) >= 11 is 0. The van der Waals surface area contributed by atoms with Crippen molar-refractivity contribution in [3.63, 3.8) is 0 Å². The lowest BCUT2D eigenvalue weighted by Crippen LogP contribution is -2.02. The minimum absolute atomic E-state index is 0.0692. The van der Waals surface area contributed by atoms with Gasteiger partial charge in [0, 0.05) is 12.2 Å². The second-order valence-corrected chi connectivity index (χ2v) is 9.29. The third-order valence-electron chi connectivity index (χ3n) is 5.17. The molecule has 2 N–H and O–H groups in total. The molecule has 0 saturated carbocycles. The van der Waals surface area contributed by atoms with Crippen LogP contribution in [0, 0.1) is 0 Å². The van der Waals surface area contributed by atoms with Crippen LogP contribution in [0.2, 0.25) is 0 Å². The van der Waals surface area contributed by atoms with E-state index in [0.29, 0.717) is 0 Å². The number of rotatable bonds is 18. The third kappa shape index (κ3) is 14.3. The summed E-state index contributed by atoms with van der Waals surface area (Å²) in [5.41, 5.74) is 0.880. The fourth-order valence-corrected chi connectivity index (χ4v) is 3.83. The number of benzene rings is 1. The first kappa shape index (κ1) is 25.7. The Balaban J connectivity index is 1.88. The highest BCUT2D eigenvalue weighted by Gasteiger charge is 2.07. The van der Waals surface area contributed by atoms with E-state index in [9.17, 15) is 8.42 Å². The maximum atomic E-state index is 11.0. The van der Waals surface area contributed by atoms with Gasteiger partial charge in [0.25, 0.3) is 10.1 Å². The van der Waals surface area contributed by atoms with Crippen LogP contribution in [0.1, 0.15) is 96.8 Å². The Bertz CT molecular complexity index is 639. The number of hydrogen-bond donors (Lipinski definition) is 2. The van der Waals surface area contributed by atoms with E-state index in [-0.39, 0.29) is 4.90 Å². The van der Waals surface area contributed by atoms with Gasteiger partial charge in [0.05, 0.1) is 4.90 Å². The van der Waals surface area contributed by atoms with Crippen molar-refractivity contribution < 1.29 is 13.0 Å². The summed E-state index contributed by atoms with van der Waals surface area (Å²) in [5.74, 6) is 0. The number of nitrogens with one attached hydrogen (secondary N) is 1. The smallest absolute Gasteiger partial charge is 0.294 e. The summed E-state index contributed by atoms with van der Waals surface area (Å²) in [7, 11) is -4.10. The fourth-order valence-electron chi connectivity index (χ4n) is 3.35. The molecule has 1 aromatic rings. The van der Waals surface area contributed by atoms with E-state index in [0.717, 1.165) is 18.7 Å². The normalized spacial score (nSPS) is 11.9. The summed E-state index contributed by atoms with van der Waals surface area (Å²) < 4.78 is 31.0. The summed E-state index contributed by atoms with van der Waals surface area (Å²) in [4.78, 5) is -0.0692. The SMILES string of the molecule is CCCCCCCC/C=C\CCCCCCCCNc1ccc(S(=O)(=O)O)cc1. The van der Waals surface area contributed by atoms with Gasteiger partial charge in [-0.2, -0.15) is 8.42 Å². The molecule has 4 nitrogen and oxygen atoms in total. The van der Waals surface area contributed by atoms with Gasteiger partial charge in [0.2, 0.25) is 0 Å². The largest absolute Gasteiger partial charge is 0.385 e. The van der Waals surface area contributed by atoms with Crippen LogP contribution in [0.5, 0.6) is 0 Å². The van der Waals surface area contributed by atoms with Crippen molar-refractivity contribution in [1.82, 2.24) is 0 Å². The molecule has 0 heterocycles. The molecular weight excluding hydrogens is 382 g/mol. The maximum absolute atomic E-state index is 11.0. The molecule has 0 saturated heterocycles. The van der Waals surface area contributed by atoms with Crippen LogP contribution in [0.3, 0.4) is 0 Å². The Hall–Kier alpha value is -1.33. The highest BCUT2D eigenvalue weighted by Crippen LogP contribution is 2.14. The van der Waals surface area contributed by atoms with Gasteiger partial charge in [0.1, 0.15) is 0 Å². The van der Waals surface area contributed by atoms with Gasteiger partial charge in [0.15, 0.2) is 0 Å². The van der Waals surface area contributed by atoms with Gasteiger partial charge in [-0.15, -0.1) is 0 Å². The number of unbranched alkanes of at least 4 members (excludes halogenated alkanes) is 12. The molecule has 0 aliphatic carbocycles. The van der Waals surface area contributed by atoms with E-state index < -0.39 is 10.1 Å². The standard InChI is InChI=1S/C24H41NO3S/c1-2-3-4-5-6-7-8-9-10-11-12-13-14-15-16-17-22-25-23-18-20-24(21-19-23)29(26,27)28/h9-10,18-21,25H,2-8,11-17,22H2,1H3,(H,26,27,28)/b10-9-. The fraction of sp³-hybridized carbons (Fsp3) is 0.667. The lowest BCUT2D eigenvalue weighted by Gasteiger charge is -2.07. The molecule has 0 aliphatic heterocycles. The van der Waals surface area contributed by atoms with Gasteiger partial charge < -0.3 is 5.32 Å². The molecular formula is C24H41NO3S. The van der Waals surface area contributed by atoms with E-state index in [1.54, 1.807) is 12.1 Å². The molecule has 1 aromatic carbocycles. The number of anilines is 1. The molecule has 0 atom stereocenters. The average molecular weight is 424 g/mol. The topological polar surface area (TPSA) is 66.4 Å². The van der Waals surface area contributed by atoms with Crippen molar-refractivity contribution >= 4 is 15.8 Å². The first-order valence-electron chi connectivity index (χ1n) is 11.5. The Morgan fingerprint density at radius 1 is 0.759 bits per heavy atom. The number of allylic oxidation sites excluding steroid dienone is 2. The van der Waals surface area contributed by atoms with E-state index in [1.165, 1.54) is 95.6 Å². The predicted octanol–water partition coefficient (Wildman–Crippen LogP) is 7.38. The van der Waals surface area contributed by atoms with E-state index >= 15 is 0 Å². The van der Waals surface area contributed by atoms with Gasteiger partial charge in [-0.25, -0.2) is 0 Å². The summed E-state index contributed by atoms with van der Waals surface area (Å²) in [5, 5.41) is 3.29. The van der Waals surface area contributed by atoms with Crippen molar-refractivity contribution in [2.24, 2.45) is 0 Å². The minimum atomic E-state index is -4.10. The summed E-state index contributed by atoms with van der Waals surface area (Å²) in [6.07, 6.45) is 22.9. The first-order chi connectivity index (χ1) is 14.0. The first-order valence-corrected chi connectivity index (χ1v) is 12.9.